The molecule has 6 nitrogen and oxygen atoms in total. The second kappa shape index (κ2) is 8.62. The lowest BCUT2D eigenvalue weighted by Crippen LogP contribution is -2.13. The lowest BCUT2D eigenvalue weighted by atomic mass is 10.1. The monoisotopic (exact) mass is 347 g/mol. The van der Waals surface area contributed by atoms with Crippen molar-refractivity contribution in [2.24, 2.45) is 9.98 Å². The minimum atomic E-state index is -0.252. The maximum Gasteiger partial charge on any atom is 0.256 e. The van der Waals surface area contributed by atoms with Gasteiger partial charge in [-0.15, -0.1) is 0 Å². The Labute approximate surface area is 153 Å². The van der Waals surface area contributed by atoms with E-state index in [2.05, 4.69) is 38.4 Å². The predicted octanol–water partition coefficient (Wildman–Crippen LogP) is 4.59. The van der Waals surface area contributed by atoms with Gasteiger partial charge in [-0.1, -0.05) is 19.2 Å². The number of amides is 1. The van der Waals surface area contributed by atoms with Crippen LogP contribution in [0.25, 0.3) is 0 Å². The predicted molar refractivity (Wildman–Crippen MR) is 107 cm³/mol. The van der Waals surface area contributed by atoms with Crippen LogP contribution < -0.4 is 5.32 Å². The van der Waals surface area contributed by atoms with E-state index in [-0.39, 0.29) is 5.91 Å². The van der Waals surface area contributed by atoms with Gasteiger partial charge >= 0.3 is 0 Å². The number of hydrogen-bond acceptors (Lipinski definition) is 5. The van der Waals surface area contributed by atoms with Crippen LogP contribution in [0.3, 0.4) is 0 Å². The molecule has 0 fully saturated rings. The number of rotatable bonds is 6. The summed E-state index contributed by atoms with van der Waals surface area (Å²) in [5, 5.41) is 2.79. The first-order chi connectivity index (χ1) is 12.4. The van der Waals surface area contributed by atoms with E-state index in [1.165, 1.54) is 12.4 Å². The second-order valence-electron chi connectivity index (χ2n) is 5.64. The molecule has 0 aliphatic rings. The molecular weight excluding hydrogens is 326 g/mol. The summed E-state index contributed by atoms with van der Waals surface area (Å²) in [6, 6.07) is 5.46. The summed E-state index contributed by atoms with van der Waals surface area (Å²) in [6.45, 7) is 12.8. The lowest BCUT2D eigenvalue weighted by Gasteiger charge is -2.08. The highest BCUT2D eigenvalue weighted by molar-refractivity contribution is 6.06. The van der Waals surface area contributed by atoms with E-state index in [1.807, 2.05) is 26.0 Å². The highest BCUT2D eigenvalue weighted by Gasteiger charge is 2.11. The van der Waals surface area contributed by atoms with E-state index in [0.717, 1.165) is 11.3 Å². The molecule has 1 heterocycles. The summed E-state index contributed by atoms with van der Waals surface area (Å²) in [4.78, 5) is 29.3. The van der Waals surface area contributed by atoms with Crippen molar-refractivity contribution < 1.29 is 4.79 Å². The van der Waals surface area contributed by atoms with Crippen LogP contribution in [0.2, 0.25) is 0 Å². The molecule has 0 saturated carbocycles. The fraction of sp³-hybridized carbons (Fsp3) is 0.150. The number of nitrogens with one attached hydrogen (secondary N) is 1. The molecule has 6 heteroatoms. The fourth-order valence-corrected chi connectivity index (χ4v) is 2.02. The van der Waals surface area contributed by atoms with Crippen molar-refractivity contribution in [1.29, 1.82) is 0 Å². The molecule has 2 aromatic rings. The van der Waals surface area contributed by atoms with E-state index in [0.29, 0.717) is 28.6 Å². The third-order valence-electron chi connectivity index (χ3n) is 3.53. The Bertz CT molecular complexity index is 895. The third kappa shape index (κ3) is 5.04. The minimum absolute atomic E-state index is 0.252. The average Bonchev–Trinajstić information content (AvgIpc) is 2.64. The van der Waals surface area contributed by atoms with Crippen LogP contribution in [0.15, 0.2) is 65.9 Å². The van der Waals surface area contributed by atoms with E-state index < -0.39 is 0 Å². The van der Waals surface area contributed by atoms with Crippen LogP contribution in [0.1, 0.15) is 29.8 Å². The molecule has 1 aromatic heterocycles. The van der Waals surface area contributed by atoms with E-state index in [1.54, 1.807) is 25.1 Å². The first-order valence-electron chi connectivity index (χ1n) is 8.02. The van der Waals surface area contributed by atoms with Crippen molar-refractivity contribution in [3.05, 3.63) is 67.0 Å². The number of carbonyl (C=O) groups excluding carboxylic acids is 1. The van der Waals surface area contributed by atoms with Gasteiger partial charge < -0.3 is 5.32 Å². The number of aliphatic imine (C=N–C) groups is 2. The highest BCUT2D eigenvalue weighted by Crippen LogP contribution is 2.20. The first kappa shape index (κ1) is 18.9. The number of aryl methyl sites for hydroxylation is 1. The van der Waals surface area contributed by atoms with Crippen molar-refractivity contribution in [1.82, 2.24) is 9.97 Å². The van der Waals surface area contributed by atoms with Gasteiger partial charge in [-0.05, 0) is 50.6 Å². The molecule has 2 rings (SSSR count). The average molecular weight is 347 g/mol. The summed E-state index contributed by atoms with van der Waals surface area (Å²) in [5.74, 6) is 0.0609. The minimum Gasteiger partial charge on any atom is -0.319 e. The third-order valence-corrected chi connectivity index (χ3v) is 3.53. The molecule has 0 aliphatic carbocycles. The molecule has 1 amide bonds. The van der Waals surface area contributed by atoms with E-state index in [4.69, 9.17) is 0 Å². The van der Waals surface area contributed by atoms with Crippen LogP contribution in [0.4, 0.5) is 17.3 Å². The molecular formula is C20H21N5O. The van der Waals surface area contributed by atoms with Gasteiger partial charge in [0.2, 0.25) is 5.95 Å². The number of carbonyl (C=O) groups is 1. The maximum absolute atomic E-state index is 12.6. The largest absolute Gasteiger partial charge is 0.319 e. The molecule has 0 spiro atoms. The van der Waals surface area contributed by atoms with E-state index in [9.17, 15) is 4.79 Å². The zero-order chi connectivity index (χ0) is 19.1. The second-order valence-corrected chi connectivity index (χ2v) is 5.64. The molecule has 132 valence electrons. The first-order valence-corrected chi connectivity index (χ1v) is 8.02. The Morgan fingerprint density at radius 2 is 1.69 bits per heavy atom. The normalized spacial score (nSPS) is 11.8. The maximum atomic E-state index is 12.6. The number of hydrogen-bond donors (Lipinski definition) is 1. The molecule has 0 unspecified atom stereocenters. The topological polar surface area (TPSA) is 79.6 Å². The molecule has 0 radical (unpaired) electrons. The van der Waals surface area contributed by atoms with Crippen molar-refractivity contribution in [2.75, 3.05) is 5.32 Å². The summed E-state index contributed by atoms with van der Waals surface area (Å²) in [6.07, 6.45) is 6.30. The summed E-state index contributed by atoms with van der Waals surface area (Å²) < 4.78 is 0. The van der Waals surface area contributed by atoms with Crippen molar-refractivity contribution in [3.63, 3.8) is 0 Å². The smallest absolute Gasteiger partial charge is 0.256 e. The fourth-order valence-electron chi connectivity index (χ4n) is 2.02. The van der Waals surface area contributed by atoms with Crippen LogP contribution in [-0.4, -0.2) is 27.3 Å². The molecule has 1 aromatic carbocycles. The number of benzene rings is 1. The Morgan fingerprint density at radius 1 is 1.08 bits per heavy atom. The Hall–Kier alpha value is -3.41. The Kier molecular flexibility index (Phi) is 6.27. The van der Waals surface area contributed by atoms with Crippen molar-refractivity contribution in [2.45, 2.75) is 20.8 Å². The Balaban J connectivity index is 2.20. The zero-order valence-corrected chi connectivity index (χ0v) is 15.2. The van der Waals surface area contributed by atoms with Gasteiger partial charge in [-0.3, -0.25) is 9.79 Å². The quantitative estimate of drug-likeness (QED) is 0.776. The van der Waals surface area contributed by atoms with Gasteiger partial charge in [0, 0.05) is 17.0 Å². The van der Waals surface area contributed by atoms with E-state index >= 15 is 0 Å². The number of aromatic nitrogens is 2. The number of anilines is 1. The van der Waals surface area contributed by atoms with Crippen LogP contribution >= 0.6 is 0 Å². The summed E-state index contributed by atoms with van der Waals surface area (Å²) in [5.41, 5.74) is 4.05. The number of nitrogens with zero attached hydrogens (tertiary/aromatic N) is 4. The van der Waals surface area contributed by atoms with Crippen LogP contribution in [-0.2, 0) is 0 Å². The van der Waals surface area contributed by atoms with Crippen LogP contribution in [0.5, 0.6) is 0 Å². The molecule has 0 aliphatic heterocycles. The summed E-state index contributed by atoms with van der Waals surface area (Å²) >= 11 is 0. The van der Waals surface area contributed by atoms with Gasteiger partial charge in [0.15, 0.2) is 0 Å². The van der Waals surface area contributed by atoms with Crippen molar-refractivity contribution in [3.8, 4) is 0 Å². The Morgan fingerprint density at radius 3 is 2.31 bits per heavy atom. The van der Waals surface area contributed by atoms with Gasteiger partial charge in [0.25, 0.3) is 5.91 Å². The highest BCUT2D eigenvalue weighted by atomic mass is 16.1. The SMILES string of the molecule is C=CC(C)=Nc1ccc(C)c(C(=O)Nc2cnc(N=C(C)C=C)nc2)c1. The molecule has 1 N–H and O–H groups in total. The van der Waals surface area contributed by atoms with Crippen LogP contribution in [0, 0.1) is 6.92 Å². The summed E-state index contributed by atoms with van der Waals surface area (Å²) in [7, 11) is 0. The van der Waals surface area contributed by atoms with Crippen molar-refractivity contribution >= 4 is 34.7 Å². The zero-order valence-electron chi connectivity index (χ0n) is 15.2. The lowest BCUT2D eigenvalue weighted by molar-refractivity contribution is 0.102. The van der Waals surface area contributed by atoms with Gasteiger partial charge in [0.1, 0.15) is 0 Å². The number of allylic oxidation sites excluding steroid dienone is 2. The molecule has 0 atom stereocenters. The van der Waals surface area contributed by atoms with Gasteiger partial charge in [-0.2, -0.15) is 0 Å². The standard InChI is InChI=1S/C20H21N5O/c1-6-14(4)23-16-9-8-13(3)18(10-16)19(26)25-17-11-21-20(22-12-17)24-15(5)7-2/h6-12H,1-2H2,3-5H3,(H,25,26). The van der Waals surface area contributed by atoms with Gasteiger partial charge in [0.05, 0.1) is 23.8 Å². The molecule has 26 heavy (non-hydrogen) atoms. The molecule has 0 bridgehead atoms. The van der Waals surface area contributed by atoms with Gasteiger partial charge in [-0.25, -0.2) is 15.0 Å². The molecule has 0 saturated heterocycles.